The van der Waals surface area contributed by atoms with Crippen molar-refractivity contribution in [2.75, 3.05) is 20.2 Å². The number of esters is 1. The zero-order valence-corrected chi connectivity index (χ0v) is 15.0. The second kappa shape index (κ2) is 7.27. The average Bonchev–Trinajstić information content (AvgIpc) is 2.98. The van der Waals surface area contributed by atoms with Crippen LogP contribution in [0.1, 0.15) is 25.1 Å². The quantitative estimate of drug-likeness (QED) is 0.813. The van der Waals surface area contributed by atoms with E-state index in [1.54, 1.807) is 0 Å². The summed E-state index contributed by atoms with van der Waals surface area (Å²) in [7, 11) is 1.37. The van der Waals surface area contributed by atoms with Crippen LogP contribution in [0.4, 0.5) is 0 Å². The standard InChI is InChI=1S/C19H25N3O3/c1-12(2)18(19(24)25-3)20-10-17(23)22-9-8-16-14(11-22)13-6-4-5-7-15(13)21-16/h4-7,12,18,20-21H,8-11H2,1-3H3/t18-/m1/s1. The Balaban J connectivity index is 1.67. The first kappa shape index (κ1) is 17.5. The molecule has 0 spiro atoms. The molecular weight excluding hydrogens is 318 g/mol. The molecule has 0 bridgehead atoms. The van der Waals surface area contributed by atoms with E-state index in [9.17, 15) is 9.59 Å². The molecule has 1 aromatic heterocycles. The van der Waals surface area contributed by atoms with Crippen molar-refractivity contribution in [2.24, 2.45) is 5.92 Å². The third kappa shape index (κ3) is 3.54. The first-order chi connectivity index (χ1) is 12.0. The van der Waals surface area contributed by atoms with Crippen LogP contribution >= 0.6 is 0 Å². The molecule has 2 N–H and O–H groups in total. The lowest BCUT2D eigenvalue weighted by molar-refractivity contribution is -0.144. The zero-order chi connectivity index (χ0) is 18.0. The highest BCUT2D eigenvalue weighted by atomic mass is 16.5. The van der Waals surface area contributed by atoms with E-state index in [0.29, 0.717) is 13.1 Å². The fourth-order valence-corrected chi connectivity index (χ4v) is 3.41. The molecule has 1 aliphatic rings. The maximum Gasteiger partial charge on any atom is 0.323 e. The molecular formula is C19H25N3O3. The van der Waals surface area contributed by atoms with E-state index in [2.05, 4.69) is 22.4 Å². The van der Waals surface area contributed by atoms with Gasteiger partial charge in [-0.15, -0.1) is 0 Å². The number of amides is 1. The van der Waals surface area contributed by atoms with Gasteiger partial charge in [-0.3, -0.25) is 14.9 Å². The number of nitrogens with zero attached hydrogens (tertiary/aromatic N) is 1. The minimum Gasteiger partial charge on any atom is -0.468 e. The molecule has 1 aromatic carbocycles. The Morgan fingerprint density at radius 1 is 1.32 bits per heavy atom. The number of H-pyrrole nitrogens is 1. The molecule has 0 saturated carbocycles. The second-order valence-electron chi connectivity index (χ2n) is 6.82. The van der Waals surface area contributed by atoms with Crippen molar-refractivity contribution in [3.63, 3.8) is 0 Å². The topological polar surface area (TPSA) is 74.4 Å². The fraction of sp³-hybridized carbons (Fsp3) is 0.474. The molecule has 1 atom stereocenters. The van der Waals surface area contributed by atoms with Crippen molar-refractivity contribution in [2.45, 2.75) is 32.9 Å². The summed E-state index contributed by atoms with van der Waals surface area (Å²) >= 11 is 0. The van der Waals surface area contributed by atoms with E-state index >= 15 is 0 Å². The van der Waals surface area contributed by atoms with Crippen molar-refractivity contribution in [1.82, 2.24) is 15.2 Å². The normalized spacial score (nSPS) is 15.3. The van der Waals surface area contributed by atoms with Gasteiger partial charge in [-0.25, -0.2) is 0 Å². The van der Waals surface area contributed by atoms with Gasteiger partial charge in [-0.05, 0) is 12.0 Å². The zero-order valence-electron chi connectivity index (χ0n) is 15.0. The molecule has 0 saturated heterocycles. The van der Waals surface area contributed by atoms with Crippen molar-refractivity contribution in [3.8, 4) is 0 Å². The molecule has 0 unspecified atom stereocenters. The van der Waals surface area contributed by atoms with Gasteiger partial charge in [0.15, 0.2) is 0 Å². The number of rotatable bonds is 5. The molecule has 0 aliphatic carbocycles. The molecule has 6 nitrogen and oxygen atoms in total. The third-order valence-corrected chi connectivity index (χ3v) is 4.83. The first-order valence-electron chi connectivity index (χ1n) is 8.68. The molecule has 0 fully saturated rings. The molecule has 1 amide bonds. The van der Waals surface area contributed by atoms with E-state index in [1.165, 1.54) is 23.8 Å². The molecule has 2 heterocycles. The summed E-state index contributed by atoms with van der Waals surface area (Å²) in [6.07, 6.45) is 0.820. The number of methoxy groups -OCH3 is 1. The van der Waals surface area contributed by atoms with Gasteiger partial charge in [0.2, 0.25) is 5.91 Å². The van der Waals surface area contributed by atoms with Crippen molar-refractivity contribution < 1.29 is 14.3 Å². The molecule has 0 radical (unpaired) electrons. The van der Waals surface area contributed by atoms with E-state index in [4.69, 9.17) is 4.74 Å². The highest BCUT2D eigenvalue weighted by Crippen LogP contribution is 2.27. The van der Waals surface area contributed by atoms with Crippen LogP contribution in [-0.2, 0) is 27.3 Å². The monoisotopic (exact) mass is 343 g/mol. The summed E-state index contributed by atoms with van der Waals surface area (Å²) in [5.41, 5.74) is 3.53. The Labute approximate surface area is 147 Å². The number of para-hydroxylation sites is 1. The van der Waals surface area contributed by atoms with Gasteiger partial charge in [0.05, 0.1) is 13.7 Å². The molecule has 2 aromatic rings. The minimum absolute atomic E-state index is 0.00508. The Hall–Kier alpha value is -2.34. The summed E-state index contributed by atoms with van der Waals surface area (Å²) in [4.78, 5) is 29.7. The molecule has 134 valence electrons. The lowest BCUT2D eigenvalue weighted by atomic mass is 10.0. The number of aromatic nitrogens is 1. The van der Waals surface area contributed by atoms with Crippen molar-refractivity contribution in [3.05, 3.63) is 35.5 Å². The van der Waals surface area contributed by atoms with Crippen LogP contribution in [0.5, 0.6) is 0 Å². The number of carbonyl (C=O) groups excluding carboxylic acids is 2. The number of benzene rings is 1. The van der Waals surface area contributed by atoms with Crippen LogP contribution in [-0.4, -0.2) is 48.0 Å². The van der Waals surface area contributed by atoms with Crippen LogP contribution in [0.25, 0.3) is 10.9 Å². The summed E-state index contributed by atoms with van der Waals surface area (Å²) < 4.78 is 4.81. The lowest BCUT2D eigenvalue weighted by Crippen LogP contribution is -2.48. The van der Waals surface area contributed by atoms with Crippen molar-refractivity contribution in [1.29, 1.82) is 0 Å². The molecule has 1 aliphatic heterocycles. The van der Waals surface area contributed by atoms with E-state index in [-0.39, 0.29) is 24.3 Å². The predicted molar refractivity (Wildman–Crippen MR) is 96.1 cm³/mol. The molecule has 6 heteroatoms. The number of hydrogen-bond donors (Lipinski definition) is 2. The summed E-state index contributed by atoms with van der Waals surface area (Å²) in [6.45, 7) is 5.28. The van der Waals surface area contributed by atoms with E-state index < -0.39 is 6.04 Å². The van der Waals surface area contributed by atoms with E-state index in [1.807, 2.05) is 30.9 Å². The van der Waals surface area contributed by atoms with Crippen LogP contribution in [0.15, 0.2) is 24.3 Å². The Kier molecular flexibility index (Phi) is 5.08. The van der Waals surface area contributed by atoms with Crippen LogP contribution in [0.2, 0.25) is 0 Å². The van der Waals surface area contributed by atoms with Crippen molar-refractivity contribution >= 4 is 22.8 Å². The summed E-state index contributed by atoms with van der Waals surface area (Å²) in [6, 6.07) is 7.70. The average molecular weight is 343 g/mol. The number of fused-ring (bicyclic) bond motifs is 3. The van der Waals surface area contributed by atoms with Gasteiger partial charge >= 0.3 is 5.97 Å². The largest absolute Gasteiger partial charge is 0.468 e. The number of ether oxygens (including phenoxy) is 1. The maximum atomic E-state index is 12.6. The number of hydrogen-bond acceptors (Lipinski definition) is 4. The van der Waals surface area contributed by atoms with Gasteiger partial charge in [-0.2, -0.15) is 0 Å². The van der Waals surface area contributed by atoms with Gasteiger partial charge < -0.3 is 14.6 Å². The highest BCUT2D eigenvalue weighted by molar-refractivity contribution is 5.86. The Morgan fingerprint density at radius 2 is 2.08 bits per heavy atom. The Bertz CT molecular complexity index is 781. The van der Waals surface area contributed by atoms with Gasteiger partial charge in [0, 0.05) is 41.7 Å². The van der Waals surface area contributed by atoms with Gasteiger partial charge in [0.25, 0.3) is 0 Å². The lowest BCUT2D eigenvalue weighted by Gasteiger charge is -2.28. The summed E-state index contributed by atoms with van der Waals surface area (Å²) in [5.74, 6) is -0.271. The highest BCUT2D eigenvalue weighted by Gasteiger charge is 2.27. The van der Waals surface area contributed by atoms with Gasteiger partial charge in [-0.1, -0.05) is 32.0 Å². The first-order valence-corrected chi connectivity index (χ1v) is 8.68. The second-order valence-corrected chi connectivity index (χ2v) is 6.82. The van der Waals surface area contributed by atoms with E-state index in [0.717, 1.165) is 11.9 Å². The summed E-state index contributed by atoms with van der Waals surface area (Å²) in [5, 5.41) is 4.23. The fourth-order valence-electron chi connectivity index (χ4n) is 3.41. The van der Waals surface area contributed by atoms with Crippen LogP contribution in [0.3, 0.4) is 0 Å². The number of aromatic amines is 1. The Morgan fingerprint density at radius 3 is 2.80 bits per heavy atom. The number of carbonyl (C=O) groups is 2. The third-order valence-electron chi connectivity index (χ3n) is 4.83. The molecule has 3 rings (SSSR count). The SMILES string of the molecule is COC(=O)[C@H](NCC(=O)N1CCc2[nH]c3ccccc3c2C1)C(C)C. The van der Waals surface area contributed by atoms with Gasteiger partial charge in [0.1, 0.15) is 6.04 Å². The minimum atomic E-state index is -0.470. The predicted octanol–water partition coefficient (Wildman–Crippen LogP) is 1.84. The molecule has 25 heavy (non-hydrogen) atoms. The smallest absolute Gasteiger partial charge is 0.323 e. The van der Waals surface area contributed by atoms with Crippen LogP contribution < -0.4 is 5.32 Å². The number of nitrogens with one attached hydrogen (secondary N) is 2. The maximum absolute atomic E-state index is 12.6. The van der Waals surface area contributed by atoms with Crippen LogP contribution in [0, 0.1) is 5.92 Å².